The van der Waals surface area contributed by atoms with Crippen LogP contribution in [-0.4, -0.2) is 16.3 Å². The molecule has 0 aliphatic carbocycles. The highest BCUT2D eigenvalue weighted by Crippen LogP contribution is 2.27. The van der Waals surface area contributed by atoms with Gasteiger partial charge in [0.25, 0.3) is 0 Å². The number of benzene rings is 1. The van der Waals surface area contributed by atoms with Gasteiger partial charge < -0.3 is 15.5 Å². The summed E-state index contributed by atoms with van der Waals surface area (Å²) in [6, 6.07) is 6.65. The Kier molecular flexibility index (Phi) is 2.65. The lowest BCUT2D eigenvalue weighted by Gasteiger charge is -2.25. The standard InChI is InChI=1S/C10H13NO3/c1-10(2,11-9(13)14)7-5-3-4-6-8(7)12/h3-6,11-12H,1-2H3,(H,13,14). The van der Waals surface area contributed by atoms with Crippen LogP contribution in [0.15, 0.2) is 24.3 Å². The summed E-state index contributed by atoms with van der Waals surface area (Å²) in [4.78, 5) is 10.5. The van der Waals surface area contributed by atoms with E-state index >= 15 is 0 Å². The zero-order valence-electron chi connectivity index (χ0n) is 8.11. The van der Waals surface area contributed by atoms with Gasteiger partial charge in [-0.2, -0.15) is 0 Å². The topological polar surface area (TPSA) is 69.6 Å². The molecule has 0 heterocycles. The van der Waals surface area contributed by atoms with E-state index in [2.05, 4.69) is 5.32 Å². The summed E-state index contributed by atoms with van der Waals surface area (Å²) >= 11 is 0. The maximum atomic E-state index is 10.5. The highest BCUT2D eigenvalue weighted by Gasteiger charge is 2.25. The number of aromatic hydroxyl groups is 1. The van der Waals surface area contributed by atoms with Crippen molar-refractivity contribution in [3.63, 3.8) is 0 Å². The van der Waals surface area contributed by atoms with Crippen molar-refractivity contribution in [2.24, 2.45) is 0 Å². The molecule has 4 nitrogen and oxygen atoms in total. The monoisotopic (exact) mass is 195 g/mol. The van der Waals surface area contributed by atoms with E-state index in [0.29, 0.717) is 5.56 Å². The number of amides is 1. The average Bonchev–Trinajstić information content (AvgIpc) is 2.02. The summed E-state index contributed by atoms with van der Waals surface area (Å²) in [7, 11) is 0. The zero-order chi connectivity index (χ0) is 10.8. The Labute approximate surface area is 82.2 Å². The molecule has 1 amide bonds. The first-order chi connectivity index (χ1) is 6.43. The van der Waals surface area contributed by atoms with E-state index in [1.165, 1.54) is 6.07 Å². The maximum Gasteiger partial charge on any atom is 0.405 e. The number of carbonyl (C=O) groups is 1. The number of hydrogen-bond donors (Lipinski definition) is 3. The summed E-state index contributed by atoms with van der Waals surface area (Å²) in [5, 5.41) is 20.5. The molecule has 1 aromatic rings. The van der Waals surface area contributed by atoms with Crippen LogP contribution in [0.3, 0.4) is 0 Å². The van der Waals surface area contributed by atoms with Crippen LogP contribution in [-0.2, 0) is 5.54 Å². The van der Waals surface area contributed by atoms with E-state index in [1.54, 1.807) is 32.0 Å². The summed E-state index contributed by atoms with van der Waals surface area (Å²) < 4.78 is 0. The molecule has 0 spiro atoms. The van der Waals surface area contributed by atoms with Crippen LogP contribution in [0.2, 0.25) is 0 Å². The zero-order valence-corrected chi connectivity index (χ0v) is 8.11. The van der Waals surface area contributed by atoms with Gasteiger partial charge in [-0.15, -0.1) is 0 Å². The van der Waals surface area contributed by atoms with Crippen molar-refractivity contribution >= 4 is 6.09 Å². The fourth-order valence-corrected chi connectivity index (χ4v) is 1.34. The molecule has 14 heavy (non-hydrogen) atoms. The minimum atomic E-state index is -1.11. The van der Waals surface area contributed by atoms with Gasteiger partial charge in [-0.3, -0.25) is 0 Å². The normalized spacial score (nSPS) is 11.0. The molecule has 4 heteroatoms. The van der Waals surface area contributed by atoms with E-state index in [4.69, 9.17) is 5.11 Å². The van der Waals surface area contributed by atoms with Crippen LogP contribution < -0.4 is 5.32 Å². The number of rotatable bonds is 2. The smallest absolute Gasteiger partial charge is 0.405 e. The molecule has 76 valence electrons. The second-order valence-electron chi connectivity index (χ2n) is 3.57. The second-order valence-corrected chi connectivity index (χ2v) is 3.57. The first kappa shape index (κ1) is 10.4. The Morgan fingerprint density at radius 2 is 1.93 bits per heavy atom. The third kappa shape index (κ3) is 2.16. The third-order valence-corrected chi connectivity index (χ3v) is 2.00. The SMILES string of the molecule is CC(C)(NC(=O)O)c1ccccc1O. The molecule has 0 bridgehead atoms. The predicted molar refractivity (Wildman–Crippen MR) is 52.3 cm³/mol. The fraction of sp³-hybridized carbons (Fsp3) is 0.300. The number of phenols is 1. The molecule has 1 rings (SSSR count). The van der Waals surface area contributed by atoms with Crippen molar-refractivity contribution in [1.29, 1.82) is 0 Å². The second kappa shape index (κ2) is 3.57. The minimum absolute atomic E-state index is 0.0891. The Morgan fingerprint density at radius 3 is 2.43 bits per heavy atom. The molecule has 0 radical (unpaired) electrons. The van der Waals surface area contributed by atoms with E-state index in [1.807, 2.05) is 0 Å². The molecular weight excluding hydrogens is 182 g/mol. The van der Waals surface area contributed by atoms with Gasteiger partial charge in [-0.05, 0) is 19.9 Å². The Bertz CT molecular complexity index is 347. The molecule has 0 saturated heterocycles. The first-order valence-corrected chi connectivity index (χ1v) is 4.23. The maximum absolute atomic E-state index is 10.5. The molecule has 0 fully saturated rings. The lowest BCUT2D eigenvalue weighted by molar-refractivity contribution is 0.182. The van der Waals surface area contributed by atoms with Crippen molar-refractivity contribution in [2.45, 2.75) is 19.4 Å². The molecule has 0 unspecified atom stereocenters. The van der Waals surface area contributed by atoms with Crippen LogP contribution in [0.25, 0.3) is 0 Å². The van der Waals surface area contributed by atoms with Crippen molar-refractivity contribution in [2.75, 3.05) is 0 Å². The Morgan fingerprint density at radius 1 is 1.36 bits per heavy atom. The molecule has 0 aromatic heterocycles. The van der Waals surface area contributed by atoms with Crippen LogP contribution in [0.1, 0.15) is 19.4 Å². The summed E-state index contributed by atoms with van der Waals surface area (Å²) in [5.74, 6) is 0.0891. The van der Waals surface area contributed by atoms with Gasteiger partial charge in [0.05, 0.1) is 5.54 Å². The van der Waals surface area contributed by atoms with E-state index < -0.39 is 11.6 Å². The van der Waals surface area contributed by atoms with Crippen molar-refractivity contribution in [3.05, 3.63) is 29.8 Å². The van der Waals surface area contributed by atoms with Crippen molar-refractivity contribution in [3.8, 4) is 5.75 Å². The lowest BCUT2D eigenvalue weighted by atomic mass is 9.94. The molecule has 0 atom stereocenters. The molecular formula is C10H13NO3. The minimum Gasteiger partial charge on any atom is -0.508 e. The van der Waals surface area contributed by atoms with Gasteiger partial charge >= 0.3 is 6.09 Å². The predicted octanol–water partition coefficient (Wildman–Crippen LogP) is 1.89. The van der Waals surface area contributed by atoms with Crippen molar-refractivity contribution < 1.29 is 15.0 Å². The summed E-state index contributed by atoms with van der Waals surface area (Å²) in [5.41, 5.74) is -0.237. The molecule has 3 N–H and O–H groups in total. The number of hydrogen-bond acceptors (Lipinski definition) is 2. The van der Waals surface area contributed by atoms with Crippen LogP contribution >= 0.6 is 0 Å². The molecule has 0 aliphatic rings. The van der Waals surface area contributed by atoms with Gasteiger partial charge in [-0.25, -0.2) is 4.79 Å². The number of para-hydroxylation sites is 1. The number of carboxylic acid groups (broad SMARTS) is 1. The number of phenolic OH excluding ortho intramolecular Hbond substituents is 1. The van der Waals surface area contributed by atoms with E-state index in [-0.39, 0.29) is 5.75 Å². The van der Waals surface area contributed by atoms with Crippen LogP contribution in [0.5, 0.6) is 5.75 Å². The summed E-state index contributed by atoms with van der Waals surface area (Å²) in [6.45, 7) is 3.38. The van der Waals surface area contributed by atoms with Gasteiger partial charge in [-0.1, -0.05) is 18.2 Å². The quantitative estimate of drug-likeness (QED) is 0.675. The van der Waals surface area contributed by atoms with E-state index in [0.717, 1.165) is 0 Å². The fourth-order valence-electron chi connectivity index (χ4n) is 1.34. The Balaban J connectivity index is 3.03. The Hall–Kier alpha value is -1.71. The van der Waals surface area contributed by atoms with E-state index in [9.17, 15) is 9.90 Å². The highest BCUT2D eigenvalue weighted by molar-refractivity contribution is 5.66. The van der Waals surface area contributed by atoms with Gasteiger partial charge in [0, 0.05) is 5.56 Å². The van der Waals surface area contributed by atoms with Gasteiger partial charge in [0.2, 0.25) is 0 Å². The largest absolute Gasteiger partial charge is 0.508 e. The average molecular weight is 195 g/mol. The van der Waals surface area contributed by atoms with Gasteiger partial charge in [0.15, 0.2) is 0 Å². The molecule has 1 aromatic carbocycles. The first-order valence-electron chi connectivity index (χ1n) is 4.23. The third-order valence-electron chi connectivity index (χ3n) is 2.00. The number of nitrogens with one attached hydrogen (secondary N) is 1. The molecule has 0 aliphatic heterocycles. The lowest BCUT2D eigenvalue weighted by Crippen LogP contribution is -2.40. The summed E-state index contributed by atoms with van der Waals surface area (Å²) in [6.07, 6.45) is -1.11. The highest BCUT2D eigenvalue weighted by atomic mass is 16.4. The van der Waals surface area contributed by atoms with Crippen LogP contribution in [0, 0.1) is 0 Å². The molecule has 0 saturated carbocycles. The van der Waals surface area contributed by atoms with Gasteiger partial charge in [0.1, 0.15) is 5.75 Å². The van der Waals surface area contributed by atoms with Crippen molar-refractivity contribution in [1.82, 2.24) is 5.32 Å². The van der Waals surface area contributed by atoms with Crippen LogP contribution in [0.4, 0.5) is 4.79 Å².